The van der Waals surface area contributed by atoms with E-state index in [9.17, 15) is 0 Å². The maximum Gasteiger partial charge on any atom is 0.191 e. The van der Waals surface area contributed by atoms with Crippen molar-refractivity contribution < 1.29 is 0 Å². The number of nitrogens with one attached hydrogen (secondary N) is 2. The summed E-state index contributed by atoms with van der Waals surface area (Å²) in [6, 6.07) is 0. The van der Waals surface area contributed by atoms with Gasteiger partial charge in [0.15, 0.2) is 5.96 Å². The molecule has 0 radical (unpaired) electrons. The van der Waals surface area contributed by atoms with Gasteiger partial charge in [0.05, 0.1) is 6.54 Å². The Morgan fingerprint density at radius 1 is 1.18 bits per heavy atom. The van der Waals surface area contributed by atoms with Crippen molar-refractivity contribution >= 4 is 17.7 Å². The van der Waals surface area contributed by atoms with Crippen LogP contribution in [0.2, 0.25) is 0 Å². The van der Waals surface area contributed by atoms with Gasteiger partial charge in [-0.1, -0.05) is 26.7 Å². The molecule has 0 aromatic rings. The van der Waals surface area contributed by atoms with E-state index >= 15 is 0 Å². The molecule has 0 bridgehead atoms. The fourth-order valence-electron chi connectivity index (χ4n) is 3.51. The predicted octanol–water partition coefficient (Wildman–Crippen LogP) is 2.56. The zero-order valence-electron chi connectivity index (χ0n) is 14.7. The van der Waals surface area contributed by atoms with Crippen molar-refractivity contribution in [2.24, 2.45) is 10.9 Å². The minimum Gasteiger partial charge on any atom is -0.357 e. The van der Waals surface area contributed by atoms with Gasteiger partial charge in [-0.3, -0.25) is 9.89 Å². The maximum atomic E-state index is 4.96. The Morgan fingerprint density at radius 3 is 2.45 bits per heavy atom. The third-order valence-electron chi connectivity index (χ3n) is 4.77. The van der Waals surface area contributed by atoms with Gasteiger partial charge < -0.3 is 10.6 Å². The molecule has 0 aromatic heterocycles. The molecule has 0 unspecified atom stereocenters. The maximum absolute atomic E-state index is 4.96. The second-order valence-corrected chi connectivity index (χ2v) is 8.23. The van der Waals surface area contributed by atoms with Gasteiger partial charge in [0.2, 0.25) is 0 Å². The van der Waals surface area contributed by atoms with Gasteiger partial charge in [0.1, 0.15) is 0 Å². The van der Waals surface area contributed by atoms with Gasteiger partial charge >= 0.3 is 0 Å². The average molecular weight is 327 g/mol. The van der Waals surface area contributed by atoms with Crippen molar-refractivity contribution in [3.05, 3.63) is 0 Å². The SMILES string of the molecule is CCNC(=NCC1(N2CCSCC2)CCCC1)NCC(C)C. The Bertz CT molecular complexity index is 345. The van der Waals surface area contributed by atoms with E-state index in [4.69, 9.17) is 4.99 Å². The summed E-state index contributed by atoms with van der Waals surface area (Å²) >= 11 is 2.10. The van der Waals surface area contributed by atoms with Crippen LogP contribution in [0.4, 0.5) is 0 Å². The first kappa shape index (κ1) is 17.9. The lowest BCUT2D eigenvalue weighted by atomic mass is 9.95. The van der Waals surface area contributed by atoms with E-state index in [1.165, 1.54) is 50.3 Å². The van der Waals surface area contributed by atoms with Crippen LogP contribution in [0.25, 0.3) is 0 Å². The van der Waals surface area contributed by atoms with E-state index in [0.29, 0.717) is 11.5 Å². The van der Waals surface area contributed by atoms with E-state index in [-0.39, 0.29) is 0 Å². The topological polar surface area (TPSA) is 39.7 Å². The molecule has 2 rings (SSSR count). The van der Waals surface area contributed by atoms with Gasteiger partial charge in [0.25, 0.3) is 0 Å². The Balaban J connectivity index is 2.00. The summed E-state index contributed by atoms with van der Waals surface area (Å²) in [5, 5.41) is 6.88. The van der Waals surface area contributed by atoms with E-state index in [2.05, 4.69) is 48.1 Å². The molecule has 1 heterocycles. The number of nitrogens with zero attached hydrogens (tertiary/aromatic N) is 2. The standard InChI is InChI=1S/C17H34N4S/c1-4-18-16(19-13-15(2)3)20-14-17(7-5-6-8-17)21-9-11-22-12-10-21/h15H,4-14H2,1-3H3,(H2,18,19,20). The van der Waals surface area contributed by atoms with Crippen molar-refractivity contribution in [3.63, 3.8) is 0 Å². The van der Waals surface area contributed by atoms with Gasteiger partial charge in [-0.15, -0.1) is 0 Å². The summed E-state index contributed by atoms with van der Waals surface area (Å²) in [6.45, 7) is 12.0. The zero-order valence-corrected chi connectivity index (χ0v) is 15.5. The number of guanidine groups is 1. The molecule has 1 saturated carbocycles. The molecule has 1 aliphatic heterocycles. The fraction of sp³-hybridized carbons (Fsp3) is 0.941. The summed E-state index contributed by atoms with van der Waals surface area (Å²) in [6.07, 6.45) is 5.39. The minimum atomic E-state index is 0.334. The monoisotopic (exact) mass is 326 g/mol. The molecule has 0 amide bonds. The van der Waals surface area contributed by atoms with Crippen molar-refractivity contribution in [3.8, 4) is 0 Å². The average Bonchev–Trinajstić information content (AvgIpc) is 3.01. The highest BCUT2D eigenvalue weighted by atomic mass is 32.2. The van der Waals surface area contributed by atoms with Crippen LogP contribution < -0.4 is 10.6 Å². The molecule has 0 spiro atoms. The normalized spacial score (nSPS) is 23.0. The predicted molar refractivity (Wildman–Crippen MR) is 98.9 cm³/mol. The van der Waals surface area contributed by atoms with Crippen LogP contribution in [0.5, 0.6) is 0 Å². The van der Waals surface area contributed by atoms with Crippen molar-refractivity contribution in [1.82, 2.24) is 15.5 Å². The van der Waals surface area contributed by atoms with Crippen molar-refractivity contribution in [1.29, 1.82) is 0 Å². The summed E-state index contributed by atoms with van der Waals surface area (Å²) in [5.74, 6) is 4.21. The van der Waals surface area contributed by atoms with Crippen LogP contribution in [0.15, 0.2) is 4.99 Å². The molecular weight excluding hydrogens is 292 g/mol. The van der Waals surface area contributed by atoms with E-state index < -0.39 is 0 Å². The van der Waals surface area contributed by atoms with Crippen LogP contribution >= 0.6 is 11.8 Å². The molecule has 22 heavy (non-hydrogen) atoms. The molecule has 0 atom stereocenters. The molecule has 4 nitrogen and oxygen atoms in total. The van der Waals surface area contributed by atoms with E-state index in [0.717, 1.165) is 25.6 Å². The number of thioether (sulfide) groups is 1. The second kappa shape index (κ2) is 9.02. The minimum absolute atomic E-state index is 0.334. The molecule has 5 heteroatoms. The summed E-state index contributed by atoms with van der Waals surface area (Å²) < 4.78 is 0. The quantitative estimate of drug-likeness (QED) is 0.581. The Morgan fingerprint density at radius 2 is 1.86 bits per heavy atom. The largest absolute Gasteiger partial charge is 0.357 e. The van der Waals surface area contributed by atoms with Gasteiger partial charge in [-0.25, -0.2) is 0 Å². The lowest BCUT2D eigenvalue weighted by Gasteiger charge is -2.42. The molecule has 128 valence electrons. The van der Waals surface area contributed by atoms with Crippen molar-refractivity contribution in [2.75, 3.05) is 44.2 Å². The molecule has 2 fully saturated rings. The first-order valence-electron chi connectivity index (χ1n) is 9.01. The lowest BCUT2D eigenvalue weighted by Crippen LogP contribution is -2.53. The van der Waals surface area contributed by atoms with E-state index in [1.54, 1.807) is 0 Å². The third-order valence-corrected chi connectivity index (χ3v) is 5.71. The van der Waals surface area contributed by atoms with Gasteiger partial charge in [-0.2, -0.15) is 11.8 Å². The highest BCUT2D eigenvalue weighted by molar-refractivity contribution is 7.99. The first-order chi connectivity index (χ1) is 10.7. The lowest BCUT2D eigenvalue weighted by molar-refractivity contribution is 0.112. The Kier molecular flexibility index (Phi) is 7.35. The Hall–Kier alpha value is -0.420. The molecule has 2 aliphatic rings. The molecule has 1 saturated heterocycles. The van der Waals surface area contributed by atoms with Crippen LogP contribution in [0, 0.1) is 5.92 Å². The third kappa shape index (κ3) is 5.05. The number of hydrogen-bond donors (Lipinski definition) is 2. The smallest absolute Gasteiger partial charge is 0.191 e. The number of rotatable bonds is 6. The fourth-order valence-corrected chi connectivity index (χ4v) is 4.42. The van der Waals surface area contributed by atoms with Crippen LogP contribution in [0.3, 0.4) is 0 Å². The zero-order chi connectivity index (χ0) is 15.8. The molecular formula is C17H34N4S. The molecule has 0 aromatic carbocycles. The molecule has 1 aliphatic carbocycles. The first-order valence-corrected chi connectivity index (χ1v) is 10.2. The van der Waals surface area contributed by atoms with E-state index in [1.807, 2.05) is 0 Å². The van der Waals surface area contributed by atoms with Crippen molar-refractivity contribution in [2.45, 2.75) is 52.0 Å². The van der Waals surface area contributed by atoms with Crippen LogP contribution in [-0.4, -0.2) is 60.6 Å². The van der Waals surface area contributed by atoms with Gasteiger partial charge in [0, 0.05) is 43.2 Å². The highest BCUT2D eigenvalue weighted by Gasteiger charge is 2.39. The number of aliphatic imine (C=N–C) groups is 1. The Labute approximate surface area is 140 Å². The summed E-state index contributed by atoms with van der Waals surface area (Å²) in [4.78, 5) is 7.70. The highest BCUT2D eigenvalue weighted by Crippen LogP contribution is 2.37. The summed E-state index contributed by atoms with van der Waals surface area (Å²) in [5.41, 5.74) is 0.334. The number of hydrogen-bond acceptors (Lipinski definition) is 3. The van der Waals surface area contributed by atoms with Crippen LogP contribution in [0.1, 0.15) is 46.5 Å². The molecule has 2 N–H and O–H groups in total. The summed E-state index contributed by atoms with van der Waals surface area (Å²) in [7, 11) is 0. The van der Waals surface area contributed by atoms with Crippen LogP contribution in [-0.2, 0) is 0 Å². The second-order valence-electron chi connectivity index (χ2n) is 7.00. The van der Waals surface area contributed by atoms with Gasteiger partial charge in [-0.05, 0) is 25.7 Å².